The van der Waals surface area contributed by atoms with E-state index in [0.717, 1.165) is 0 Å². The van der Waals surface area contributed by atoms with Gasteiger partial charge in [0.1, 0.15) is 0 Å². The van der Waals surface area contributed by atoms with Crippen molar-refractivity contribution in [1.82, 2.24) is 4.57 Å². The number of halogens is 2. The fraction of sp³-hybridized carbons (Fsp3) is 0.125. The lowest BCUT2D eigenvalue weighted by Crippen LogP contribution is -2.19. The number of hydrogen-bond donors (Lipinski definition) is 1. The van der Waals surface area contributed by atoms with E-state index in [-0.39, 0.29) is 18.9 Å². The third-order valence-corrected chi connectivity index (χ3v) is 3.77. The summed E-state index contributed by atoms with van der Waals surface area (Å²) >= 11 is 11.7. The number of anilines is 1. The zero-order valence-electron chi connectivity index (χ0n) is 11.9. The maximum Gasteiger partial charge on any atom is 0.419 e. The summed E-state index contributed by atoms with van der Waals surface area (Å²) in [6.45, 7) is 0.208. The zero-order chi connectivity index (χ0) is 16.4. The van der Waals surface area contributed by atoms with Gasteiger partial charge in [0, 0.05) is 34.8 Å². The second-order valence-corrected chi connectivity index (χ2v) is 5.81. The first-order valence-corrected chi connectivity index (χ1v) is 7.63. The van der Waals surface area contributed by atoms with Crippen molar-refractivity contribution in [3.05, 3.63) is 63.1 Å². The van der Waals surface area contributed by atoms with Gasteiger partial charge in [0.05, 0.1) is 5.52 Å². The second-order valence-electron chi connectivity index (χ2n) is 4.94. The number of amides is 1. The number of aromatic nitrogens is 1. The molecule has 0 saturated carbocycles. The molecule has 0 spiro atoms. The molecule has 0 saturated heterocycles. The first kappa shape index (κ1) is 15.6. The second kappa shape index (κ2) is 6.48. The Hall–Kier alpha value is -2.24. The van der Waals surface area contributed by atoms with Gasteiger partial charge in [-0.1, -0.05) is 29.3 Å². The van der Waals surface area contributed by atoms with Gasteiger partial charge in [-0.2, -0.15) is 0 Å². The van der Waals surface area contributed by atoms with Gasteiger partial charge in [-0.05, 0) is 30.3 Å². The van der Waals surface area contributed by atoms with Crippen LogP contribution in [-0.4, -0.2) is 10.5 Å². The summed E-state index contributed by atoms with van der Waals surface area (Å²) in [7, 11) is 0. The average Bonchev–Trinajstić information content (AvgIpc) is 2.79. The van der Waals surface area contributed by atoms with Gasteiger partial charge in [-0.15, -0.1) is 0 Å². The summed E-state index contributed by atoms with van der Waals surface area (Å²) in [5, 5.41) is 3.75. The molecular formula is C16H12Cl2N2O3. The van der Waals surface area contributed by atoms with E-state index < -0.39 is 5.76 Å². The quantitative estimate of drug-likeness (QED) is 0.775. The smallest absolute Gasteiger partial charge is 0.408 e. The Balaban J connectivity index is 1.72. The lowest BCUT2D eigenvalue weighted by Gasteiger charge is -2.06. The van der Waals surface area contributed by atoms with Gasteiger partial charge >= 0.3 is 5.76 Å². The van der Waals surface area contributed by atoms with Crippen molar-refractivity contribution in [2.75, 3.05) is 5.32 Å². The number of rotatable bonds is 4. The number of benzene rings is 2. The van der Waals surface area contributed by atoms with Crippen molar-refractivity contribution in [2.45, 2.75) is 13.0 Å². The molecule has 1 heterocycles. The van der Waals surface area contributed by atoms with Crippen LogP contribution in [0.1, 0.15) is 6.42 Å². The fourth-order valence-corrected chi connectivity index (χ4v) is 2.61. The van der Waals surface area contributed by atoms with Crippen LogP contribution in [0.3, 0.4) is 0 Å². The van der Waals surface area contributed by atoms with E-state index in [1.807, 2.05) is 0 Å². The monoisotopic (exact) mass is 350 g/mol. The Kier molecular flexibility index (Phi) is 4.41. The molecule has 0 aliphatic rings. The number of oxazole rings is 1. The number of carbonyl (C=O) groups excluding carboxylic acids is 1. The lowest BCUT2D eigenvalue weighted by atomic mass is 10.3. The van der Waals surface area contributed by atoms with Gasteiger partial charge in [0.25, 0.3) is 0 Å². The molecule has 1 amide bonds. The van der Waals surface area contributed by atoms with Crippen molar-refractivity contribution in [2.24, 2.45) is 0 Å². The highest BCUT2D eigenvalue weighted by Gasteiger charge is 2.11. The summed E-state index contributed by atoms with van der Waals surface area (Å²) in [4.78, 5) is 23.9. The Morgan fingerprint density at radius 3 is 2.70 bits per heavy atom. The summed E-state index contributed by atoms with van der Waals surface area (Å²) in [5.74, 6) is -0.736. The predicted octanol–water partition coefficient (Wildman–Crippen LogP) is 3.93. The first-order chi connectivity index (χ1) is 11.0. The van der Waals surface area contributed by atoms with E-state index in [9.17, 15) is 9.59 Å². The molecule has 0 radical (unpaired) electrons. The highest BCUT2D eigenvalue weighted by molar-refractivity contribution is 6.31. The molecule has 0 bridgehead atoms. The highest BCUT2D eigenvalue weighted by atomic mass is 35.5. The minimum absolute atomic E-state index is 0.129. The Morgan fingerprint density at radius 1 is 1.13 bits per heavy atom. The van der Waals surface area contributed by atoms with Crippen molar-refractivity contribution in [3.8, 4) is 0 Å². The van der Waals surface area contributed by atoms with Gasteiger partial charge in [0.2, 0.25) is 5.91 Å². The molecule has 23 heavy (non-hydrogen) atoms. The first-order valence-electron chi connectivity index (χ1n) is 6.87. The number of nitrogens with zero attached hydrogens (tertiary/aromatic N) is 1. The Morgan fingerprint density at radius 2 is 1.91 bits per heavy atom. The molecular weight excluding hydrogens is 339 g/mol. The van der Waals surface area contributed by atoms with Crippen LogP contribution in [0.4, 0.5) is 5.69 Å². The topological polar surface area (TPSA) is 64.2 Å². The third kappa shape index (κ3) is 3.57. The third-order valence-electron chi connectivity index (χ3n) is 3.30. The van der Waals surface area contributed by atoms with E-state index in [1.54, 1.807) is 42.5 Å². The molecule has 1 N–H and O–H groups in total. The van der Waals surface area contributed by atoms with Crippen LogP contribution in [0.25, 0.3) is 11.1 Å². The minimum Gasteiger partial charge on any atom is -0.408 e. The van der Waals surface area contributed by atoms with Crippen molar-refractivity contribution in [3.63, 3.8) is 0 Å². The number of hydrogen-bond acceptors (Lipinski definition) is 3. The summed E-state index contributed by atoms with van der Waals surface area (Å²) in [6, 6.07) is 11.8. The van der Waals surface area contributed by atoms with Crippen LogP contribution in [-0.2, 0) is 11.3 Å². The van der Waals surface area contributed by atoms with E-state index >= 15 is 0 Å². The Bertz CT molecular complexity index is 930. The molecule has 7 heteroatoms. The van der Waals surface area contributed by atoms with Gasteiger partial charge in [-0.25, -0.2) is 4.79 Å². The van der Waals surface area contributed by atoms with Crippen molar-refractivity contribution >= 4 is 45.9 Å². The summed E-state index contributed by atoms with van der Waals surface area (Å²) in [5.41, 5.74) is 1.62. The molecule has 0 atom stereocenters. The van der Waals surface area contributed by atoms with E-state index in [2.05, 4.69) is 5.32 Å². The molecule has 5 nitrogen and oxygen atoms in total. The number of aryl methyl sites for hydroxylation is 1. The largest absolute Gasteiger partial charge is 0.419 e. The number of fused-ring (bicyclic) bond motifs is 1. The summed E-state index contributed by atoms with van der Waals surface area (Å²) < 4.78 is 6.53. The standard InChI is InChI=1S/C16H12Cl2N2O3/c17-10-2-1-3-12(8-10)19-15(21)6-7-20-13-5-4-11(18)9-14(13)23-16(20)22/h1-5,8-9H,6-7H2,(H,19,21). The van der Waals surface area contributed by atoms with Crippen molar-refractivity contribution in [1.29, 1.82) is 0 Å². The fourth-order valence-electron chi connectivity index (χ4n) is 2.26. The zero-order valence-corrected chi connectivity index (χ0v) is 13.4. The number of nitrogens with one attached hydrogen (secondary N) is 1. The molecule has 1 aromatic heterocycles. The molecule has 0 fully saturated rings. The molecule has 2 aromatic carbocycles. The predicted molar refractivity (Wildman–Crippen MR) is 90.2 cm³/mol. The van der Waals surface area contributed by atoms with Crippen LogP contribution in [0.2, 0.25) is 10.0 Å². The maximum atomic E-state index is 12.0. The van der Waals surface area contributed by atoms with Crippen LogP contribution < -0.4 is 11.1 Å². The van der Waals surface area contributed by atoms with Gasteiger partial charge < -0.3 is 9.73 Å². The van der Waals surface area contributed by atoms with E-state index in [1.165, 1.54) is 4.57 Å². The SMILES string of the molecule is O=C(CCn1c(=O)oc2cc(Cl)ccc21)Nc1cccc(Cl)c1. The molecule has 3 aromatic rings. The normalized spacial score (nSPS) is 10.9. The van der Waals surface area contributed by atoms with Gasteiger partial charge in [-0.3, -0.25) is 9.36 Å². The number of carbonyl (C=O) groups is 1. The van der Waals surface area contributed by atoms with Crippen molar-refractivity contribution < 1.29 is 9.21 Å². The van der Waals surface area contributed by atoms with Crippen LogP contribution in [0.5, 0.6) is 0 Å². The average molecular weight is 351 g/mol. The molecule has 0 unspecified atom stereocenters. The van der Waals surface area contributed by atoms with Crippen LogP contribution >= 0.6 is 23.2 Å². The molecule has 0 aliphatic carbocycles. The van der Waals surface area contributed by atoms with Crippen LogP contribution in [0.15, 0.2) is 51.7 Å². The van der Waals surface area contributed by atoms with Gasteiger partial charge in [0.15, 0.2) is 5.58 Å². The minimum atomic E-state index is -0.516. The van der Waals surface area contributed by atoms with E-state index in [0.29, 0.717) is 26.8 Å². The Labute approximate surface area is 141 Å². The molecule has 0 aliphatic heterocycles. The lowest BCUT2D eigenvalue weighted by molar-refractivity contribution is -0.116. The van der Waals surface area contributed by atoms with Crippen LogP contribution in [0, 0.1) is 0 Å². The maximum absolute atomic E-state index is 12.0. The van der Waals surface area contributed by atoms with E-state index in [4.69, 9.17) is 27.6 Å². The molecule has 3 rings (SSSR count). The molecule has 118 valence electrons. The highest BCUT2D eigenvalue weighted by Crippen LogP contribution is 2.19. The summed E-state index contributed by atoms with van der Waals surface area (Å²) in [6.07, 6.45) is 0.129.